The van der Waals surface area contributed by atoms with Crippen LogP contribution in [-0.2, 0) is 4.79 Å². The number of aromatic nitrogens is 2. The zero-order valence-electron chi connectivity index (χ0n) is 14.6. The van der Waals surface area contributed by atoms with E-state index in [1.807, 2.05) is 31.2 Å². The minimum atomic E-state index is -4.57. The van der Waals surface area contributed by atoms with E-state index in [0.29, 0.717) is 5.82 Å². The third-order valence-electron chi connectivity index (χ3n) is 4.82. The van der Waals surface area contributed by atoms with Crippen molar-refractivity contribution in [1.82, 2.24) is 15.0 Å². The zero-order chi connectivity index (χ0) is 19.1. The number of nitrogens with zero attached hydrogens (tertiary/aromatic N) is 3. The molecule has 3 rings (SSSR count). The van der Waals surface area contributed by atoms with Crippen LogP contribution in [-0.4, -0.2) is 45.4 Å². The molecule has 148 valence electrons. The molecule has 10 heteroatoms. The summed E-state index contributed by atoms with van der Waals surface area (Å²) >= 11 is 0. The highest BCUT2D eigenvalue weighted by Gasteiger charge is 2.53. The molecule has 0 aliphatic carbocycles. The number of carboxylic acid groups (broad SMARTS) is 1. The molecule has 1 saturated heterocycles. The number of alkyl halides is 3. The van der Waals surface area contributed by atoms with Crippen LogP contribution in [0.15, 0.2) is 28.8 Å². The zero-order valence-corrected chi connectivity index (χ0v) is 15.4. The van der Waals surface area contributed by atoms with Gasteiger partial charge in [-0.3, -0.25) is 9.69 Å². The summed E-state index contributed by atoms with van der Waals surface area (Å²) in [5, 5.41) is 13.0. The lowest BCUT2D eigenvalue weighted by Crippen LogP contribution is -2.33. The summed E-state index contributed by atoms with van der Waals surface area (Å²) in [6.45, 7) is 2.89. The number of likely N-dealkylation sites (tertiary alicyclic amines) is 1. The Bertz CT molecular complexity index is 812. The van der Waals surface area contributed by atoms with Crippen LogP contribution in [0.1, 0.15) is 24.4 Å². The van der Waals surface area contributed by atoms with E-state index in [-0.39, 0.29) is 24.8 Å². The molecule has 0 radical (unpaired) electrons. The number of carbonyl (C=O) groups is 1. The maximum Gasteiger partial charge on any atom is 0.393 e. The lowest BCUT2D eigenvalue weighted by molar-refractivity contribution is -0.188. The molecule has 1 aromatic heterocycles. The van der Waals surface area contributed by atoms with Gasteiger partial charge in [0.1, 0.15) is 0 Å². The van der Waals surface area contributed by atoms with Crippen LogP contribution in [0.2, 0.25) is 0 Å². The maximum absolute atomic E-state index is 13.1. The summed E-state index contributed by atoms with van der Waals surface area (Å²) in [6, 6.07) is 6.80. The molecule has 0 saturated carbocycles. The Labute approximate surface area is 159 Å². The van der Waals surface area contributed by atoms with Crippen LogP contribution in [0.3, 0.4) is 0 Å². The van der Waals surface area contributed by atoms with Crippen LogP contribution < -0.4 is 0 Å². The second-order valence-corrected chi connectivity index (χ2v) is 6.49. The number of aliphatic carboxylic acids is 1. The van der Waals surface area contributed by atoms with E-state index in [0.717, 1.165) is 11.1 Å². The highest BCUT2D eigenvalue weighted by molar-refractivity contribution is 5.85. The average molecular weight is 406 g/mol. The number of rotatable bonds is 4. The number of aryl methyl sites for hydroxylation is 1. The van der Waals surface area contributed by atoms with Crippen LogP contribution in [0.4, 0.5) is 13.2 Å². The molecule has 3 atom stereocenters. The van der Waals surface area contributed by atoms with E-state index >= 15 is 0 Å². The van der Waals surface area contributed by atoms with E-state index in [1.165, 1.54) is 4.90 Å². The molecule has 2 heterocycles. The topological polar surface area (TPSA) is 79.5 Å². The summed E-state index contributed by atoms with van der Waals surface area (Å²) in [5.74, 6) is -4.35. The molecule has 1 N–H and O–H groups in total. The first kappa shape index (κ1) is 21.2. The third-order valence-corrected chi connectivity index (χ3v) is 4.82. The predicted molar refractivity (Wildman–Crippen MR) is 92.4 cm³/mol. The van der Waals surface area contributed by atoms with Gasteiger partial charge in [0.05, 0.1) is 17.9 Å². The van der Waals surface area contributed by atoms with E-state index < -0.39 is 36.6 Å². The molecule has 0 spiro atoms. The van der Waals surface area contributed by atoms with Crippen molar-refractivity contribution in [1.29, 1.82) is 0 Å². The molecule has 2 aromatic rings. The first-order valence-electron chi connectivity index (χ1n) is 8.11. The second-order valence-electron chi connectivity index (χ2n) is 6.49. The Kier molecular flexibility index (Phi) is 6.16. The molecule has 0 bridgehead atoms. The van der Waals surface area contributed by atoms with Gasteiger partial charge in [-0.2, -0.15) is 18.2 Å². The van der Waals surface area contributed by atoms with E-state index in [1.54, 1.807) is 6.92 Å². The van der Waals surface area contributed by atoms with Gasteiger partial charge in [-0.1, -0.05) is 29.4 Å². The number of benzene rings is 1. The molecule has 1 aliphatic rings. The summed E-state index contributed by atoms with van der Waals surface area (Å²) < 4.78 is 44.6. The lowest BCUT2D eigenvalue weighted by atomic mass is 9.96. The van der Waals surface area contributed by atoms with Crippen LogP contribution in [0.25, 0.3) is 11.4 Å². The van der Waals surface area contributed by atoms with Crippen molar-refractivity contribution in [2.24, 2.45) is 11.8 Å². The maximum atomic E-state index is 13.1. The fourth-order valence-electron chi connectivity index (χ4n) is 3.23. The fourth-order valence-corrected chi connectivity index (χ4v) is 3.23. The van der Waals surface area contributed by atoms with Crippen LogP contribution in [0.5, 0.6) is 0 Å². The minimum absolute atomic E-state index is 0. The van der Waals surface area contributed by atoms with Gasteiger partial charge in [0, 0.05) is 18.7 Å². The molecule has 0 amide bonds. The SMILES string of the molecule is Cc1ccccc1-c1noc(C(C)N2C[C@@H](C(F)(F)F)[C@H](C(=O)O)C2)n1.Cl. The van der Waals surface area contributed by atoms with Gasteiger partial charge in [-0.25, -0.2) is 0 Å². The lowest BCUT2D eigenvalue weighted by Gasteiger charge is -2.21. The summed E-state index contributed by atoms with van der Waals surface area (Å²) in [6.07, 6.45) is -4.57. The van der Waals surface area contributed by atoms with E-state index in [9.17, 15) is 18.0 Å². The first-order chi connectivity index (χ1) is 12.2. The number of carboxylic acids is 1. The third kappa shape index (κ3) is 4.24. The molecule has 1 aromatic carbocycles. The summed E-state index contributed by atoms with van der Waals surface area (Å²) in [7, 11) is 0. The van der Waals surface area contributed by atoms with Crippen molar-refractivity contribution in [2.75, 3.05) is 13.1 Å². The van der Waals surface area contributed by atoms with Gasteiger partial charge in [-0.15, -0.1) is 12.4 Å². The fraction of sp³-hybridized carbons (Fsp3) is 0.471. The van der Waals surface area contributed by atoms with Crippen molar-refractivity contribution in [3.63, 3.8) is 0 Å². The van der Waals surface area contributed by atoms with Gasteiger partial charge in [-0.05, 0) is 19.4 Å². The monoisotopic (exact) mass is 405 g/mol. The molecule has 6 nitrogen and oxygen atoms in total. The Morgan fingerprint density at radius 2 is 2.00 bits per heavy atom. The summed E-state index contributed by atoms with van der Waals surface area (Å²) in [4.78, 5) is 16.9. The number of hydrogen-bond donors (Lipinski definition) is 1. The smallest absolute Gasteiger partial charge is 0.393 e. The Balaban J connectivity index is 0.00000261. The molecule has 27 heavy (non-hydrogen) atoms. The largest absolute Gasteiger partial charge is 0.481 e. The predicted octanol–water partition coefficient (Wildman–Crippen LogP) is 3.72. The van der Waals surface area contributed by atoms with Crippen molar-refractivity contribution in [2.45, 2.75) is 26.1 Å². The number of halogens is 4. The van der Waals surface area contributed by atoms with Gasteiger partial charge in [0.25, 0.3) is 0 Å². The van der Waals surface area contributed by atoms with Crippen molar-refractivity contribution in [3.8, 4) is 11.4 Å². The molecular weight excluding hydrogens is 387 g/mol. The van der Waals surface area contributed by atoms with Gasteiger partial charge in [0.2, 0.25) is 11.7 Å². The molecule has 1 fully saturated rings. The van der Waals surface area contributed by atoms with Gasteiger partial charge >= 0.3 is 12.1 Å². The molecule has 1 unspecified atom stereocenters. The minimum Gasteiger partial charge on any atom is -0.481 e. The Morgan fingerprint density at radius 1 is 1.33 bits per heavy atom. The molecular formula is C17H19ClF3N3O3. The van der Waals surface area contributed by atoms with Crippen molar-refractivity contribution >= 4 is 18.4 Å². The highest BCUT2D eigenvalue weighted by atomic mass is 35.5. The first-order valence-corrected chi connectivity index (χ1v) is 8.11. The Hall–Kier alpha value is -2.13. The van der Waals surface area contributed by atoms with Crippen molar-refractivity contribution in [3.05, 3.63) is 35.7 Å². The normalized spacial score (nSPS) is 21.7. The van der Waals surface area contributed by atoms with Crippen LogP contribution in [0, 0.1) is 18.8 Å². The van der Waals surface area contributed by atoms with E-state index in [4.69, 9.17) is 9.63 Å². The second kappa shape index (κ2) is 7.85. The van der Waals surface area contributed by atoms with Crippen molar-refractivity contribution < 1.29 is 27.6 Å². The van der Waals surface area contributed by atoms with E-state index in [2.05, 4.69) is 10.1 Å². The van der Waals surface area contributed by atoms with Gasteiger partial charge in [0.15, 0.2) is 0 Å². The molecule has 1 aliphatic heterocycles. The van der Waals surface area contributed by atoms with Gasteiger partial charge < -0.3 is 9.63 Å². The quantitative estimate of drug-likeness (QED) is 0.835. The van der Waals surface area contributed by atoms with Crippen LogP contribution >= 0.6 is 12.4 Å². The average Bonchev–Trinajstić information content (AvgIpc) is 3.22. The summed E-state index contributed by atoms with van der Waals surface area (Å²) in [5.41, 5.74) is 1.71. The highest BCUT2D eigenvalue weighted by Crippen LogP contribution is 2.40. The standard InChI is InChI=1S/C17H18F3N3O3.ClH/c1-9-5-3-4-6-11(9)14-21-15(26-22-14)10(2)23-7-12(16(24)25)13(8-23)17(18,19)20;/h3-6,10,12-13H,7-8H2,1-2H3,(H,24,25);1H/t10?,12-,13-;/m1./s1. The Morgan fingerprint density at radius 3 is 2.56 bits per heavy atom. The number of hydrogen-bond acceptors (Lipinski definition) is 5.